The van der Waals surface area contributed by atoms with Crippen LogP contribution < -0.4 is 0 Å². The van der Waals surface area contributed by atoms with Gasteiger partial charge in [0, 0.05) is 14.0 Å². The number of nitrogens with zero attached hydrogens (tertiary/aromatic N) is 1. The Kier molecular flexibility index (Phi) is 4.25. The highest BCUT2D eigenvalue weighted by Gasteiger charge is 2.53. The maximum atomic E-state index is 12.6. The van der Waals surface area contributed by atoms with E-state index in [-0.39, 0.29) is 17.4 Å². The van der Waals surface area contributed by atoms with Gasteiger partial charge in [-0.1, -0.05) is 0 Å². The number of carbonyl (C=O) groups is 2. The van der Waals surface area contributed by atoms with Crippen LogP contribution in [0.1, 0.15) is 26.5 Å². The molecule has 1 atom stereocenters. The molecule has 0 spiro atoms. The Balaban J connectivity index is 2.53. The van der Waals surface area contributed by atoms with E-state index in [0.717, 1.165) is 11.2 Å². The van der Waals surface area contributed by atoms with Crippen LogP contribution in [0, 0.1) is 0 Å². The maximum Gasteiger partial charge on any atom is 0.308 e. The number of esters is 1. The minimum absolute atomic E-state index is 0.171. The van der Waals surface area contributed by atoms with Gasteiger partial charge >= 0.3 is 5.97 Å². The van der Waals surface area contributed by atoms with Gasteiger partial charge in [-0.25, -0.2) is 12.7 Å². The van der Waals surface area contributed by atoms with E-state index in [1.54, 1.807) is 6.07 Å². The fraction of sp³-hybridized carbons (Fsp3) is 0.429. The SMILES string of the molecule is CCS(=O)(=O)N(C)C1=C(OC(C)=O)C(=O)C(C)(c2ccco2)O1. The molecular weight excluding hydrogens is 326 g/mol. The quantitative estimate of drug-likeness (QED) is 0.738. The van der Waals surface area contributed by atoms with E-state index >= 15 is 0 Å². The zero-order chi connectivity index (χ0) is 17.4. The predicted octanol–water partition coefficient (Wildman–Crippen LogP) is 1.11. The van der Waals surface area contributed by atoms with Crippen molar-refractivity contribution >= 4 is 21.8 Å². The third kappa shape index (κ3) is 2.83. The first-order chi connectivity index (χ1) is 10.6. The number of hydrogen-bond donors (Lipinski definition) is 0. The topological polar surface area (TPSA) is 103 Å². The second-order valence-corrected chi connectivity index (χ2v) is 7.33. The maximum absolute atomic E-state index is 12.6. The van der Waals surface area contributed by atoms with Crippen LogP contribution in [0.25, 0.3) is 0 Å². The van der Waals surface area contributed by atoms with E-state index in [4.69, 9.17) is 13.9 Å². The molecule has 2 heterocycles. The first-order valence-electron chi connectivity index (χ1n) is 6.80. The number of carbonyl (C=O) groups excluding carboxylic acids is 2. The van der Waals surface area contributed by atoms with Gasteiger partial charge in [-0.15, -0.1) is 0 Å². The summed E-state index contributed by atoms with van der Waals surface area (Å²) in [6.45, 7) is 3.96. The Labute approximate surface area is 133 Å². The van der Waals surface area contributed by atoms with E-state index in [9.17, 15) is 18.0 Å². The monoisotopic (exact) mass is 343 g/mol. The molecule has 1 unspecified atom stereocenters. The highest BCUT2D eigenvalue weighted by Crippen LogP contribution is 2.40. The molecule has 0 saturated carbocycles. The number of ether oxygens (including phenoxy) is 2. The molecule has 126 valence electrons. The summed E-state index contributed by atoms with van der Waals surface area (Å²) in [6.07, 6.45) is 1.35. The molecule has 0 bridgehead atoms. The highest BCUT2D eigenvalue weighted by atomic mass is 32.2. The highest BCUT2D eigenvalue weighted by molar-refractivity contribution is 7.89. The van der Waals surface area contributed by atoms with Crippen molar-refractivity contribution in [3.05, 3.63) is 35.8 Å². The zero-order valence-electron chi connectivity index (χ0n) is 13.2. The normalized spacial score (nSPS) is 21.3. The Morgan fingerprint density at radius 1 is 1.43 bits per heavy atom. The number of Topliss-reactive ketones (excluding diaryl/α,β-unsaturated/α-hetero) is 1. The molecule has 0 aromatic carbocycles. The van der Waals surface area contributed by atoms with Gasteiger partial charge in [-0.05, 0) is 26.0 Å². The van der Waals surface area contributed by atoms with Crippen molar-refractivity contribution < 1.29 is 31.9 Å². The molecule has 0 saturated heterocycles. The molecule has 1 aromatic rings. The summed E-state index contributed by atoms with van der Waals surface area (Å²) in [6, 6.07) is 3.08. The van der Waals surface area contributed by atoms with E-state index in [0.29, 0.717) is 0 Å². The molecule has 0 aliphatic carbocycles. The summed E-state index contributed by atoms with van der Waals surface area (Å²) in [5.74, 6) is -2.31. The van der Waals surface area contributed by atoms with Gasteiger partial charge in [-0.2, -0.15) is 0 Å². The molecule has 23 heavy (non-hydrogen) atoms. The van der Waals surface area contributed by atoms with Crippen LogP contribution in [-0.4, -0.2) is 37.3 Å². The van der Waals surface area contributed by atoms with Gasteiger partial charge in [0.1, 0.15) is 0 Å². The molecule has 1 aliphatic heterocycles. The fourth-order valence-electron chi connectivity index (χ4n) is 2.07. The molecule has 2 rings (SSSR count). The molecule has 0 amide bonds. The van der Waals surface area contributed by atoms with Crippen molar-refractivity contribution in [2.75, 3.05) is 12.8 Å². The van der Waals surface area contributed by atoms with E-state index in [1.807, 2.05) is 0 Å². The minimum Gasteiger partial charge on any atom is -0.465 e. The van der Waals surface area contributed by atoms with Crippen LogP contribution in [0.2, 0.25) is 0 Å². The third-order valence-electron chi connectivity index (χ3n) is 3.44. The minimum atomic E-state index is -3.72. The largest absolute Gasteiger partial charge is 0.465 e. The van der Waals surface area contributed by atoms with Crippen molar-refractivity contribution in [2.45, 2.75) is 26.4 Å². The fourth-order valence-corrected chi connectivity index (χ4v) is 2.83. The Morgan fingerprint density at radius 2 is 2.09 bits per heavy atom. The average Bonchev–Trinajstić information content (AvgIpc) is 3.10. The number of hydrogen-bond acceptors (Lipinski definition) is 7. The molecule has 0 N–H and O–H groups in total. The van der Waals surface area contributed by atoms with Crippen molar-refractivity contribution in [3.63, 3.8) is 0 Å². The van der Waals surface area contributed by atoms with Gasteiger partial charge in [0.25, 0.3) is 11.7 Å². The van der Waals surface area contributed by atoms with Crippen LogP contribution >= 0.6 is 0 Å². The average molecular weight is 343 g/mol. The summed E-state index contributed by atoms with van der Waals surface area (Å²) in [5, 5.41) is 0. The summed E-state index contributed by atoms with van der Waals surface area (Å²) < 4.78 is 40.6. The summed E-state index contributed by atoms with van der Waals surface area (Å²) in [4.78, 5) is 23.9. The van der Waals surface area contributed by atoms with Gasteiger partial charge in [0.15, 0.2) is 5.76 Å². The zero-order valence-corrected chi connectivity index (χ0v) is 14.0. The van der Waals surface area contributed by atoms with Crippen molar-refractivity contribution in [3.8, 4) is 0 Å². The van der Waals surface area contributed by atoms with Crippen LogP contribution in [0.5, 0.6) is 0 Å². The molecular formula is C14H17NO7S. The van der Waals surface area contributed by atoms with Crippen LogP contribution in [0.4, 0.5) is 0 Å². The lowest BCUT2D eigenvalue weighted by Gasteiger charge is -2.24. The Bertz CT molecular complexity index is 763. The standard InChI is InChI=1S/C14H17NO7S/c1-5-23(18,19)15(4)13-11(21-9(2)16)12(17)14(3,22-13)10-7-6-8-20-10/h6-8H,5H2,1-4H3. The summed E-state index contributed by atoms with van der Waals surface area (Å²) in [7, 11) is -2.50. The van der Waals surface area contributed by atoms with Gasteiger partial charge in [0.2, 0.25) is 21.4 Å². The lowest BCUT2D eigenvalue weighted by Crippen LogP contribution is -2.33. The first kappa shape index (κ1) is 17.1. The molecule has 0 fully saturated rings. The van der Waals surface area contributed by atoms with Gasteiger partial charge in [-0.3, -0.25) is 9.59 Å². The van der Waals surface area contributed by atoms with Crippen molar-refractivity contribution in [1.82, 2.24) is 4.31 Å². The first-order valence-corrected chi connectivity index (χ1v) is 8.41. The van der Waals surface area contributed by atoms with Gasteiger partial charge < -0.3 is 13.9 Å². The van der Waals surface area contributed by atoms with Gasteiger partial charge in [0.05, 0.1) is 12.0 Å². The molecule has 1 aliphatic rings. The summed E-state index contributed by atoms with van der Waals surface area (Å²) >= 11 is 0. The second kappa shape index (κ2) is 5.73. The molecule has 0 radical (unpaired) electrons. The predicted molar refractivity (Wildman–Crippen MR) is 78.2 cm³/mol. The smallest absolute Gasteiger partial charge is 0.308 e. The lowest BCUT2D eigenvalue weighted by atomic mass is 9.98. The number of ketones is 1. The lowest BCUT2D eigenvalue weighted by molar-refractivity contribution is -0.142. The molecule has 1 aromatic heterocycles. The Hall–Kier alpha value is -2.29. The molecule has 9 heteroatoms. The van der Waals surface area contributed by atoms with Crippen molar-refractivity contribution in [1.29, 1.82) is 0 Å². The number of rotatable bonds is 5. The second-order valence-electron chi connectivity index (χ2n) is 5.04. The Morgan fingerprint density at radius 3 is 2.57 bits per heavy atom. The van der Waals surface area contributed by atoms with Crippen molar-refractivity contribution in [2.24, 2.45) is 0 Å². The third-order valence-corrected chi connectivity index (χ3v) is 5.17. The van der Waals surface area contributed by atoms with E-state index < -0.39 is 33.1 Å². The summed E-state index contributed by atoms with van der Waals surface area (Å²) in [5.41, 5.74) is -1.61. The number of sulfonamides is 1. The van der Waals surface area contributed by atoms with E-state index in [1.165, 1.54) is 33.2 Å². The molecule has 8 nitrogen and oxygen atoms in total. The van der Waals surface area contributed by atoms with Crippen LogP contribution in [0.15, 0.2) is 34.5 Å². The van der Waals surface area contributed by atoms with E-state index in [2.05, 4.69) is 0 Å². The van der Waals surface area contributed by atoms with Crippen LogP contribution in [-0.2, 0) is 34.7 Å². The van der Waals surface area contributed by atoms with Crippen LogP contribution in [0.3, 0.4) is 0 Å². The number of furan rings is 1.